The Kier molecular flexibility index (Phi) is 5.42. The number of nitrogens with zero attached hydrogens (tertiary/aromatic N) is 1. The highest BCUT2D eigenvalue weighted by Crippen LogP contribution is 2.26. The Balaban J connectivity index is 3.00. The molecule has 1 aromatic carbocycles. The quantitative estimate of drug-likeness (QED) is 0.927. The van der Waals surface area contributed by atoms with Crippen molar-refractivity contribution in [3.8, 4) is 0 Å². The van der Waals surface area contributed by atoms with Crippen LogP contribution < -0.4 is 0 Å². The first kappa shape index (κ1) is 16.8. The fourth-order valence-electron chi connectivity index (χ4n) is 1.78. The molecule has 0 saturated carbocycles. The Labute approximate surface area is 128 Å². The van der Waals surface area contributed by atoms with E-state index < -0.39 is 11.5 Å². The molecule has 20 heavy (non-hydrogen) atoms. The summed E-state index contributed by atoms with van der Waals surface area (Å²) in [6.07, 6.45) is -0.0247. The van der Waals surface area contributed by atoms with Crippen molar-refractivity contribution in [2.45, 2.75) is 32.7 Å². The first-order valence-corrected chi connectivity index (χ1v) is 6.83. The number of rotatable bonds is 4. The molecule has 0 heterocycles. The van der Waals surface area contributed by atoms with E-state index in [1.807, 2.05) is 0 Å². The molecule has 0 aliphatic rings. The molecule has 0 aromatic heterocycles. The number of amides is 1. The summed E-state index contributed by atoms with van der Waals surface area (Å²) >= 11 is 12.1. The minimum atomic E-state index is -1.06. The molecule has 0 aliphatic heterocycles. The highest BCUT2D eigenvalue weighted by Gasteiger charge is 2.29. The molecule has 1 amide bonds. The van der Waals surface area contributed by atoms with Crippen molar-refractivity contribution < 1.29 is 14.7 Å². The highest BCUT2D eigenvalue weighted by atomic mass is 35.5. The summed E-state index contributed by atoms with van der Waals surface area (Å²) in [6.45, 7) is 4.98. The number of aliphatic carboxylic acids is 1. The maximum atomic E-state index is 12.3. The number of carbonyl (C=O) groups is 2. The van der Waals surface area contributed by atoms with Crippen LogP contribution in [0.4, 0.5) is 0 Å². The third-order valence-electron chi connectivity index (χ3n) is 2.79. The summed E-state index contributed by atoms with van der Waals surface area (Å²) in [4.78, 5) is 24.5. The van der Waals surface area contributed by atoms with Gasteiger partial charge in [-0.2, -0.15) is 0 Å². The zero-order valence-electron chi connectivity index (χ0n) is 11.6. The van der Waals surface area contributed by atoms with Gasteiger partial charge in [-0.15, -0.1) is 0 Å². The van der Waals surface area contributed by atoms with Crippen LogP contribution in [-0.4, -0.2) is 34.0 Å². The second-order valence-electron chi connectivity index (χ2n) is 5.42. The fourth-order valence-corrected chi connectivity index (χ4v) is 2.31. The number of carbonyl (C=O) groups excluding carboxylic acids is 1. The Morgan fingerprint density at radius 1 is 1.20 bits per heavy atom. The first-order chi connectivity index (χ1) is 9.12. The molecule has 6 heteroatoms. The van der Waals surface area contributed by atoms with Crippen LogP contribution in [0, 0.1) is 0 Å². The molecule has 0 aliphatic carbocycles. The van der Waals surface area contributed by atoms with Gasteiger partial charge in [-0.05, 0) is 38.5 Å². The van der Waals surface area contributed by atoms with E-state index in [4.69, 9.17) is 28.3 Å². The minimum Gasteiger partial charge on any atom is -0.480 e. The Hall–Kier alpha value is -1.26. The Morgan fingerprint density at radius 2 is 1.70 bits per heavy atom. The van der Waals surface area contributed by atoms with Crippen molar-refractivity contribution in [1.29, 1.82) is 0 Å². The maximum absolute atomic E-state index is 12.3. The maximum Gasteiger partial charge on any atom is 0.323 e. The predicted octanol–water partition coefficient (Wildman–Crippen LogP) is 3.25. The van der Waals surface area contributed by atoms with Gasteiger partial charge in [-0.25, -0.2) is 0 Å². The van der Waals surface area contributed by atoms with Gasteiger partial charge in [0.05, 0.1) is 6.42 Å². The second-order valence-corrected chi connectivity index (χ2v) is 6.24. The van der Waals surface area contributed by atoms with Gasteiger partial charge < -0.3 is 10.0 Å². The molecule has 110 valence electrons. The molecule has 0 unspecified atom stereocenters. The largest absolute Gasteiger partial charge is 0.480 e. The van der Waals surface area contributed by atoms with Crippen molar-refractivity contribution in [3.05, 3.63) is 33.8 Å². The lowest BCUT2D eigenvalue weighted by Crippen LogP contribution is -2.48. The molecule has 1 aromatic rings. The predicted molar refractivity (Wildman–Crippen MR) is 79.3 cm³/mol. The van der Waals surface area contributed by atoms with Crippen LogP contribution in [0.25, 0.3) is 0 Å². The van der Waals surface area contributed by atoms with Gasteiger partial charge in [0.15, 0.2) is 0 Å². The van der Waals surface area contributed by atoms with Gasteiger partial charge in [-0.3, -0.25) is 9.59 Å². The number of hydrogen-bond donors (Lipinski definition) is 1. The molecular formula is C14H17Cl2NO3. The summed E-state index contributed by atoms with van der Waals surface area (Å²) in [5.74, 6) is -1.38. The van der Waals surface area contributed by atoms with E-state index >= 15 is 0 Å². The standard InChI is InChI=1S/C14H17Cl2NO3/c1-14(2,3)17(8-13(19)20)12(18)7-9-10(15)5-4-6-11(9)16/h4-6H,7-8H2,1-3H3,(H,19,20). The number of carboxylic acids is 1. The second kappa shape index (κ2) is 6.46. The number of hydrogen-bond acceptors (Lipinski definition) is 2. The van der Waals surface area contributed by atoms with Crippen LogP contribution in [0.1, 0.15) is 26.3 Å². The molecule has 0 radical (unpaired) electrons. The van der Waals surface area contributed by atoms with Gasteiger partial charge in [0, 0.05) is 15.6 Å². The summed E-state index contributed by atoms with van der Waals surface area (Å²) in [5, 5.41) is 9.72. The average molecular weight is 318 g/mol. The molecule has 1 rings (SSSR count). The zero-order valence-corrected chi connectivity index (χ0v) is 13.1. The molecule has 0 bridgehead atoms. The van der Waals surface area contributed by atoms with Crippen LogP contribution >= 0.6 is 23.2 Å². The van der Waals surface area contributed by atoms with Gasteiger partial charge in [0.2, 0.25) is 5.91 Å². The molecule has 0 spiro atoms. The first-order valence-electron chi connectivity index (χ1n) is 6.08. The van der Waals surface area contributed by atoms with E-state index in [0.29, 0.717) is 15.6 Å². The van der Waals surface area contributed by atoms with E-state index in [9.17, 15) is 9.59 Å². The van der Waals surface area contributed by atoms with Crippen molar-refractivity contribution in [2.24, 2.45) is 0 Å². The lowest BCUT2D eigenvalue weighted by atomic mass is 10.0. The molecule has 0 saturated heterocycles. The Bertz CT molecular complexity index is 503. The molecule has 0 fully saturated rings. The topological polar surface area (TPSA) is 57.6 Å². The third kappa shape index (κ3) is 4.39. The van der Waals surface area contributed by atoms with E-state index in [-0.39, 0.29) is 18.9 Å². The van der Waals surface area contributed by atoms with Crippen molar-refractivity contribution >= 4 is 35.1 Å². The van der Waals surface area contributed by atoms with Crippen molar-refractivity contribution in [3.63, 3.8) is 0 Å². The summed E-state index contributed by atoms with van der Waals surface area (Å²) < 4.78 is 0. The molecule has 4 nitrogen and oxygen atoms in total. The van der Waals surface area contributed by atoms with Crippen molar-refractivity contribution in [1.82, 2.24) is 4.90 Å². The molecule has 0 atom stereocenters. The highest BCUT2D eigenvalue weighted by molar-refractivity contribution is 6.36. The lowest BCUT2D eigenvalue weighted by Gasteiger charge is -2.34. The van der Waals surface area contributed by atoms with Gasteiger partial charge in [0.1, 0.15) is 6.54 Å². The summed E-state index contributed by atoms with van der Waals surface area (Å²) in [6, 6.07) is 4.99. The van der Waals surface area contributed by atoms with Crippen LogP contribution in [0.3, 0.4) is 0 Å². The molecular weight excluding hydrogens is 301 g/mol. The fraction of sp³-hybridized carbons (Fsp3) is 0.429. The summed E-state index contributed by atoms with van der Waals surface area (Å²) in [5.41, 5.74) is -0.0797. The average Bonchev–Trinajstić information content (AvgIpc) is 2.29. The van der Waals surface area contributed by atoms with E-state index in [0.717, 1.165) is 0 Å². The normalized spacial score (nSPS) is 11.2. The van der Waals surface area contributed by atoms with Gasteiger partial charge >= 0.3 is 5.97 Å². The lowest BCUT2D eigenvalue weighted by molar-refractivity contribution is -0.147. The van der Waals surface area contributed by atoms with E-state index in [1.165, 1.54) is 4.90 Å². The minimum absolute atomic E-state index is 0.0247. The van der Waals surface area contributed by atoms with Crippen LogP contribution in [0.2, 0.25) is 10.0 Å². The van der Waals surface area contributed by atoms with E-state index in [2.05, 4.69) is 0 Å². The summed E-state index contributed by atoms with van der Waals surface area (Å²) in [7, 11) is 0. The third-order valence-corrected chi connectivity index (χ3v) is 3.50. The monoisotopic (exact) mass is 317 g/mol. The number of carboxylic acid groups (broad SMARTS) is 1. The van der Waals surface area contributed by atoms with Crippen LogP contribution in [-0.2, 0) is 16.0 Å². The zero-order chi connectivity index (χ0) is 15.5. The Morgan fingerprint density at radius 3 is 2.10 bits per heavy atom. The van der Waals surface area contributed by atoms with Gasteiger partial charge in [-0.1, -0.05) is 29.3 Å². The molecule has 1 N–H and O–H groups in total. The van der Waals surface area contributed by atoms with Crippen LogP contribution in [0.5, 0.6) is 0 Å². The van der Waals surface area contributed by atoms with Crippen LogP contribution in [0.15, 0.2) is 18.2 Å². The smallest absolute Gasteiger partial charge is 0.323 e. The van der Waals surface area contributed by atoms with E-state index in [1.54, 1.807) is 39.0 Å². The SMILES string of the molecule is CC(C)(C)N(CC(=O)O)C(=O)Cc1c(Cl)cccc1Cl. The number of benzene rings is 1. The number of halogens is 2. The van der Waals surface area contributed by atoms with Crippen molar-refractivity contribution in [2.75, 3.05) is 6.54 Å². The van der Waals surface area contributed by atoms with Gasteiger partial charge in [0.25, 0.3) is 0 Å².